The van der Waals surface area contributed by atoms with E-state index in [9.17, 15) is 0 Å². The molecule has 1 saturated carbocycles. The third-order valence-corrected chi connectivity index (χ3v) is 4.61. The first-order valence-electron chi connectivity index (χ1n) is 7.63. The van der Waals surface area contributed by atoms with Crippen LogP contribution in [0.3, 0.4) is 0 Å². The summed E-state index contributed by atoms with van der Waals surface area (Å²) in [6.07, 6.45) is 6.32. The molecule has 19 heavy (non-hydrogen) atoms. The molecule has 0 saturated heterocycles. The molecule has 0 bridgehead atoms. The Morgan fingerprint density at radius 3 is 2.68 bits per heavy atom. The standard InChI is InChI=1S/C15H28N4/c1-10(2)12-5-6-14(16)13(7-12)8-15-17-9-18-19(15)11(3)4/h9-14H,5-8,16H2,1-4H3. The zero-order chi connectivity index (χ0) is 14.0. The third-order valence-electron chi connectivity index (χ3n) is 4.61. The second-order valence-corrected chi connectivity index (χ2v) is 6.66. The van der Waals surface area contributed by atoms with Crippen molar-refractivity contribution in [3.05, 3.63) is 12.2 Å². The maximum Gasteiger partial charge on any atom is 0.138 e. The van der Waals surface area contributed by atoms with Gasteiger partial charge in [0.2, 0.25) is 0 Å². The lowest BCUT2D eigenvalue weighted by molar-refractivity contribution is 0.186. The minimum atomic E-state index is 0.326. The Bertz CT molecular complexity index is 397. The summed E-state index contributed by atoms with van der Waals surface area (Å²) < 4.78 is 2.03. The van der Waals surface area contributed by atoms with Gasteiger partial charge in [-0.2, -0.15) is 5.10 Å². The van der Waals surface area contributed by atoms with Gasteiger partial charge in [-0.05, 0) is 50.9 Å². The third kappa shape index (κ3) is 3.35. The molecule has 3 atom stereocenters. The van der Waals surface area contributed by atoms with Crippen molar-refractivity contribution in [1.29, 1.82) is 0 Å². The molecule has 1 aliphatic rings. The van der Waals surface area contributed by atoms with Crippen LogP contribution < -0.4 is 5.73 Å². The van der Waals surface area contributed by atoms with Crippen LogP contribution >= 0.6 is 0 Å². The van der Waals surface area contributed by atoms with Gasteiger partial charge in [-0.25, -0.2) is 9.67 Å². The van der Waals surface area contributed by atoms with Crippen molar-refractivity contribution in [2.24, 2.45) is 23.5 Å². The van der Waals surface area contributed by atoms with Crippen LogP contribution in [0.2, 0.25) is 0 Å². The lowest BCUT2D eigenvalue weighted by Gasteiger charge is -2.36. The molecular weight excluding hydrogens is 236 g/mol. The van der Waals surface area contributed by atoms with Gasteiger partial charge in [-0.1, -0.05) is 13.8 Å². The van der Waals surface area contributed by atoms with Crippen LogP contribution in [0.4, 0.5) is 0 Å². The molecule has 0 aromatic carbocycles. The van der Waals surface area contributed by atoms with E-state index in [4.69, 9.17) is 5.73 Å². The molecule has 0 spiro atoms. The minimum absolute atomic E-state index is 0.326. The van der Waals surface area contributed by atoms with Gasteiger partial charge in [-0.3, -0.25) is 0 Å². The monoisotopic (exact) mass is 264 g/mol. The Labute approximate surface area is 116 Å². The summed E-state index contributed by atoms with van der Waals surface area (Å²) in [7, 11) is 0. The van der Waals surface area contributed by atoms with Gasteiger partial charge in [-0.15, -0.1) is 0 Å². The van der Waals surface area contributed by atoms with E-state index in [-0.39, 0.29) is 0 Å². The van der Waals surface area contributed by atoms with Crippen molar-refractivity contribution in [3.8, 4) is 0 Å². The van der Waals surface area contributed by atoms with E-state index in [1.165, 1.54) is 12.8 Å². The number of nitrogens with zero attached hydrogens (tertiary/aromatic N) is 3. The number of nitrogens with two attached hydrogens (primary N) is 1. The highest BCUT2D eigenvalue weighted by atomic mass is 15.3. The van der Waals surface area contributed by atoms with Gasteiger partial charge >= 0.3 is 0 Å². The lowest BCUT2D eigenvalue weighted by Crippen LogP contribution is -2.39. The van der Waals surface area contributed by atoms with Crippen molar-refractivity contribution in [2.45, 2.75) is 65.5 Å². The summed E-state index contributed by atoms with van der Waals surface area (Å²) in [5.41, 5.74) is 6.33. The highest BCUT2D eigenvalue weighted by Gasteiger charge is 2.30. The zero-order valence-electron chi connectivity index (χ0n) is 12.7. The first-order valence-corrected chi connectivity index (χ1v) is 7.63. The van der Waals surface area contributed by atoms with Crippen molar-refractivity contribution >= 4 is 0 Å². The molecule has 4 nitrogen and oxygen atoms in total. The van der Waals surface area contributed by atoms with E-state index in [0.717, 1.165) is 30.5 Å². The molecule has 0 amide bonds. The van der Waals surface area contributed by atoms with Gasteiger partial charge < -0.3 is 5.73 Å². The molecule has 2 N–H and O–H groups in total. The quantitative estimate of drug-likeness (QED) is 0.909. The topological polar surface area (TPSA) is 56.7 Å². The van der Waals surface area contributed by atoms with Crippen LogP contribution in [-0.4, -0.2) is 20.8 Å². The van der Waals surface area contributed by atoms with E-state index in [2.05, 4.69) is 37.8 Å². The first kappa shape index (κ1) is 14.5. The van der Waals surface area contributed by atoms with Crippen molar-refractivity contribution in [1.82, 2.24) is 14.8 Å². The molecule has 1 aromatic rings. The van der Waals surface area contributed by atoms with Crippen LogP contribution in [0.1, 0.15) is 58.8 Å². The van der Waals surface area contributed by atoms with E-state index in [0.29, 0.717) is 18.0 Å². The molecule has 4 heteroatoms. The van der Waals surface area contributed by atoms with E-state index in [1.54, 1.807) is 6.33 Å². The second-order valence-electron chi connectivity index (χ2n) is 6.66. The summed E-state index contributed by atoms with van der Waals surface area (Å²) in [4.78, 5) is 4.43. The Hall–Kier alpha value is -0.900. The highest BCUT2D eigenvalue weighted by Crippen LogP contribution is 2.34. The maximum atomic E-state index is 6.33. The second kappa shape index (κ2) is 6.04. The molecule has 1 heterocycles. The maximum absolute atomic E-state index is 6.33. The highest BCUT2D eigenvalue weighted by molar-refractivity contribution is 4.94. The minimum Gasteiger partial charge on any atom is -0.327 e. The fraction of sp³-hybridized carbons (Fsp3) is 0.867. The molecule has 2 rings (SSSR count). The van der Waals surface area contributed by atoms with Crippen LogP contribution in [-0.2, 0) is 6.42 Å². The van der Waals surface area contributed by atoms with Crippen molar-refractivity contribution in [2.75, 3.05) is 0 Å². The zero-order valence-corrected chi connectivity index (χ0v) is 12.7. The SMILES string of the molecule is CC(C)C1CCC(N)C(Cc2ncnn2C(C)C)C1. The van der Waals surface area contributed by atoms with E-state index < -0.39 is 0 Å². The van der Waals surface area contributed by atoms with Crippen LogP contribution in [0.15, 0.2) is 6.33 Å². The van der Waals surface area contributed by atoms with Gasteiger partial charge in [0, 0.05) is 18.5 Å². The number of rotatable bonds is 4. The van der Waals surface area contributed by atoms with Crippen LogP contribution in [0.5, 0.6) is 0 Å². The molecular formula is C15H28N4. The Morgan fingerprint density at radius 1 is 1.32 bits per heavy atom. The van der Waals surface area contributed by atoms with Crippen molar-refractivity contribution in [3.63, 3.8) is 0 Å². The lowest BCUT2D eigenvalue weighted by atomic mass is 9.73. The summed E-state index contributed by atoms with van der Waals surface area (Å²) in [5, 5.41) is 4.33. The van der Waals surface area contributed by atoms with Gasteiger partial charge in [0.15, 0.2) is 0 Å². The molecule has 0 radical (unpaired) electrons. The fourth-order valence-electron chi connectivity index (χ4n) is 3.25. The van der Waals surface area contributed by atoms with Crippen molar-refractivity contribution < 1.29 is 0 Å². The molecule has 1 aliphatic carbocycles. The Kier molecular flexibility index (Phi) is 4.61. The Morgan fingerprint density at radius 2 is 2.05 bits per heavy atom. The number of aromatic nitrogens is 3. The smallest absolute Gasteiger partial charge is 0.138 e. The summed E-state index contributed by atoms with van der Waals surface area (Å²) >= 11 is 0. The van der Waals surface area contributed by atoms with Crippen LogP contribution in [0.25, 0.3) is 0 Å². The average Bonchev–Trinajstić information content (AvgIpc) is 2.80. The largest absolute Gasteiger partial charge is 0.327 e. The fourth-order valence-corrected chi connectivity index (χ4v) is 3.25. The van der Waals surface area contributed by atoms with E-state index in [1.807, 2.05) is 4.68 Å². The normalized spacial score (nSPS) is 28.3. The predicted octanol–water partition coefficient (Wildman–Crippen LogP) is 2.80. The molecule has 108 valence electrons. The molecule has 0 aliphatic heterocycles. The number of hydrogen-bond acceptors (Lipinski definition) is 3. The van der Waals surface area contributed by atoms with Crippen LogP contribution in [0, 0.1) is 17.8 Å². The summed E-state index contributed by atoms with van der Waals surface area (Å²) in [5.74, 6) is 3.24. The summed E-state index contributed by atoms with van der Waals surface area (Å²) in [6, 6.07) is 0.700. The van der Waals surface area contributed by atoms with Gasteiger partial charge in [0.05, 0.1) is 0 Å². The molecule has 1 aromatic heterocycles. The van der Waals surface area contributed by atoms with E-state index >= 15 is 0 Å². The predicted molar refractivity (Wildman–Crippen MR) is 77.8 cm³/mol. The molecule has 1 fully saturated rings. The average molecular weight is 264 g/mol. The molecule has 3 unspecified atom stereocenters. The van der Waals surface area contributed by atoms with Gasteiger partial charge in [0.1, 0.15) is 12.2 Å². The van der Waals surface area contributed by atoms with Gasteiger partial charge in [0.25, 0.3) is 0 Å². The number of hydrogen-bond donors (Lipinski definition) is 1. The Balaban J connectivity index is 2.06. The first-order chi connectivity index (χ1) is 8.99. The summed E-state index contributed by atoms with van der Waals surface area (Å²) in [6.45, 7) is 8.95.